The van der Waals surface area contributed by atoms with Crippen LogP contribution < -0.4 is 5.32 Å². The molecule has 1 aromatic rings. The number of carbonyl (C=O) groups excluding carboxylic acids is 2. The van der Waals surface area contributed by atoms with E-state index in [2.05, 4.69) is 21.2 Å². The standard InChI is InChI=1S/C15H18BrFN2O2/c1-9(2)5-13-15(21)18-7-14(20)19(13)8-10-3-4-11(17)6-12(10)16/h3-4,6,9,13H,5,7-8H2,1-2H3,(H,18,21). The van der Waals surface area contributed by atoms with Gasteiger partial charge >= 0.3 is 0 Å². The first-order chi connectivity index (χ1) is 9.88. The van der Waals surface area contributed by atoms with Gasteiger partial charge in [-0.25, -0.2) is 4.39 Å². The molecule has 0 bridgehead atoms. The molecule has 0 saturated carbocycles. The molecule has 1 saturated heterocycles. The number of hydrogen-bond acceptors (Lipinski definition) is 2. The molecule has 0 aromatic heterocycles. The van der Waals surface area contributed by atoms with Crippen molar-refractivity contribution < 1.29 is 14.0 Å². The summed E-state index contributed by atoms with van der Waals surface area (Å²) in [5, 5.41) is 2.62. The highest BCUT2D eigenvalue weighted by atomic mass is 79.9. The van der Waals surface area contributed by atoms with Gasteiger partial charge in [0.15, 0.2) is 0 Å². The Morgan fingerprint density at radius 1 is 1.43 bits per heavy atom. The summed E-state index contributed by atoms with van der Waals surface area (Å²) in [4.78, 5) is 25.8. The summed E-state index contributed by atoms with van der Waals surface area (Å²) in [5.74, 6) is -0.282. The second kappa shape index (κ2) is 6.56. The van der Waals surface area contributed by atoms with Crippen molar-refractivity contribution in [2.24, 2.45) is 5.92 Å². The molecule has 4 nitrogen and oxygen atoms in total. The van der Waals surface area contributed by atoms with Crippen LogP contribution in [0.2, 0.25) is 0 Å². The van der Waals surface area contributed by atoms with Crippen LogP contribution in [0.4, 0.5) is 4.39 Å². The Bertz CT molecular complexity index is 563. The predicted octanol–water partition coefficient (Wildman–Crippen LogP) is 2.46. The monoisotopic (exact) mass is 356 g/mol. The molecule has 1 atom stereocenters. The third-order valence-electron chi connectivity index (χ3n) is 3.46. The molecule has 2 amide bonds. The molecular formula is C15H18BrFN2O2. The second-order valence-corrected chi connectivity index (χ2v) is 6.47. The van der Waals surface area contributed by atoms with Gasteiger partial charge in [0, 0.05) is 11.0 Å². The lowest BCUT2D eigenvalue weighted by molar-refractivity contribution is -0.146. The van der Waals surface area contributed by atoms with Gasteiger partial charge in [0.2, 0.25) is 11.8 Å². The zero-order chi connectivity index (χ0) is 15.6. The first-order valence-electron chi connectivity index (χ1n) is 6.89. The zero-order valence-electron chi connectivity index (χ0n) is 12.0. The molecule has 2 rings (SSSR count). The fraction of sp³-hybridized carbons (Fsp3) is 0.467. The topological polar surface area (TPSA) is 49.4 Å². The Morgan fingerprint density at radius 2 is 2.14 bits per heavy atom. The van der Waals surface area contributed by atoms with Crippen LogP contribution in [-0.4, -0.2) is 29.3 Å². The SMILES string of the molecule is CC(C)CC1C(=O)NCC(=O)N1Cc1ccc(F)cc1Br. The maximum Gasteiger partial charge on any atom is 0.243 e. The maximum absolute atomic E-state index is 13.1. The van der Waals surface area contributed by atoms with E-state index in [0.29, 0.717) is 23.4 Å². The minimum atomic E-state index is -0.469. The van der Waals surface area contributed by atoms with Crippen LogP contribution in [0.15, 0.2) is 22.7 Å². The summed E-state index contributed by atoms with van der Waals surface area (Å²) in [6.45, 7) is 4.34. The number of halogens is 2. The van der Waals surface area contributed by atoms with Crippen molar-refractivity contribution in [2.45, 2.75) is 32.9 Å². The first-order valence-corrected chi connectivity index (χ1v) is 7.69. The Balaban J connectivity index is 2.24. The van der Waals surface area contributed by atoms with E-state index in [1.54, 1.807) is 11.0 Å². The molecule has 1 aromatic carbocycles. The Kier molecular flexibility index (Phi) is 4.98. The highest BCUT2D eigenvalue weighted by Gasteiger charge is 2.34. The van der Waals surface area contributed by atoms with Crippen LogP contribution in [-0.2, 0) is 16.1 Å². The fourth-order valence-corrected chi connectivity index (χ4v) is 2.89. The van der Waals surface area contributed by atoms with Crippen LogP contribution >= 0.6 is 15.9 Å². The van der Waals surface area contributed by atoms with E-state index in [1.807, 2.05) is 13.8 Å². The first kappa shape index (κ1) is 15.9. The van der Waals surface area contributed by atoms with Gasteiger partial charge in [0.25, 0.3) is 0 Å². The molecule has 0 aliphatic carbocycles. The number of amides is 2. The van der Waals surface area contributed by atoms with Crippen molar-refractivity contribution in [2.75, 3.05) is 6.54 Å². The molecule has 6 heteroatoms. The summed E-state index contributed by atoms with van der Waals surface area (Å²) in [7, 11) is 0. The highest BCUT2D eigenvalue weighted by Crippen LogP contribution is 2.23. The lowest BCUT2D eigenvalue weighted by Crippen LogP contribution is -2.58. The van der Waals surface area contributed by atoms with Crippen molar-refractivity contribution in [3.63, 3.8) is 0 Å². The minimum Gasteiger partial charge on any atom is -0.345 e. The molecule has 1 aliphatic heterocycles. The van der Waals surface area contributed by atoms with Crippen LogP contribution in [0.1, 0.15) is 25.8 Å². The van der Waals surface area contributed by atoms with Gasteiger partial charge < -0.3 is 10.2 Å². The van der Waals surface area contributed by atoms with E-state index < -0.39 is 6.04 Å². The number of nitrogens with one attached hydrogen (secondary N) is 1. The van der Waals surface area contributed by atoms with Gasteiger partial charge in [0.1, 0.15) is 11.9 Å². The van der Waals surface area contributed by atoms with E-state index in [1.165, 1.54) is 12.1 Å². The molecule has 0 spiro atoms. The van der Waals surface area contributed by atoms with Crippen LogP contribution in [0.25, 0.3) is 0 Å². The van der Waals surface area contributed by atoms with Gasteiger partial charge in [-0.2, -0.15) is 0 Å². The molecule has 1 fully saturated rings. The Labute approximate surface area is 131 Å². The summed E-state index contributed by atoms with van der Waals surface area (Å²) < 4.78 is 13.7. The van der Waals surface area contributed by atoms with E-state index in [9.17, 15) is 14.0 Å². The number of piperazine rings is 1. The van der Waals surface area contributed by atoms with E-state index >= 15 is 0 Å². The molecule has 1 N–H and O–H groups in total. The van der Waals surface area contributed by atoms with Crippen LogP contribution in [0.3, 0.4) is 0 Å². The lowest BCUT2D eigenvalue weighted by Gasteiger charge is -2.36. The molecule has 21 heavy (non-hydrogen) atoms. The van der Waals surface area contributed by atoms with Crippen molar-refractivity contribution in [1.82, 2.24) is 10.2 Å². The smallest absolute Gasteiger partial charge is 0.243 e. The normalized spacial score (nSPS) is 19.1. The van der Waals surface area contributed by atoms with E-state index in [4.69, 9.17) is 0 Å². The zero-order valence-corrected chi connectivity index (χ0v) is 13.6. The predicted molar refractivity (Wildman–Crippen MR) is 80.9 cm³/mol. The summed E-state index contributed by atoms with van der Waals surface area (Å²) in [6, 6.07) is 3.88. The van der Waals surface area contributed by atoms with Crippen LogP contribution in [0.5, 0.6) is 0 Å². The molecule has 1 unspecified atom stereocenters. The van der Waals surface area contributed by atoms with Gasteiger partial charge in [-0.1, -0.05) is 35.8 Å². The largest absolute Gasteiger partial charge is 0.345 e. The Morgan fingerprint density at radius 3 is 2.76 bits per heavy atom. The van der Waals surface area contributed by atoms with Gasteiger partial charge in [-0.05, 0) is 30.0 Å². The quantitative estimate of drug-likeness (QED) is 0.900. The number of nitrogens with zero attached hydrogens (tertiary/aromatic N) is 1. The second-order valence-electron chi connectivity index (χ2n) is 5.62. The average molecular weight is 357 g/mol. The summed E-state index contributed by atoms with van der Waals surface area (Å²) in [5.41, 5.74) is 0.785. The van der Waals surface area contributed by atoms with Crippen LogP contribution in [0, 0.1) is 11.7 Å². The highest BCUT2D eigenvalue weighted by molar-refractivity contribution is 9.10. The number of benzene rings is 1. The molecule has 1 heterocycles. The Hall–Kier alpha value is -1.43. The molecule has 0 radical (unpaired) electrons. The van der Waals surface area contributed by atoms with Crippen molar-refractivity contribution >= 4 is 27.7 Å². The van der Waals surface area contributed by atoms with Gasteiger partial charge in [0.05, 0.1) is 6.54 Å². The van der Waals surface area contributed by atoms with Gasteiger partial charge in [-0.15, -0.1) is 0 Å². The van der Waals surface area contributed by atoms with E-state index in [-0.39, 0.29) is 24.2 Å². The van der Waals surface area contributed by atoms with Crippen molar-refractivity contribution in [3.8, 4) is 0 Å². The number of hydrogen-bond donors (Lipinski definition) is 1. The summed E-state index contributed by atoms with van der Waals surface area (Å²) in [6.07, 6.45) is 0.608. The third-order valence-corrected chi connectivity index (χ3v) is 4.20. The number of rotatable bonds is 4. The third kappa shape index (κ3) is 3.81. The summed E-state index contributed by atoms with van der Waals surface area (Å²) >= 11 is 3.30. The van der Waals surface area contributed by atoms with E-state index in [0.717, 1.165) is 5.56 Å². The molecule has 1 aliphatic rings. The lowest BCUT2D eigenvalue weighted by atomic mass is 9.99. The molecule has 114 valence electrons. The maximum atomic E-state index is 13.1. The fourth-order valence-electron chi connectivity index (χ4n) is 2.41. The van der Waals surface area contributed by atoms with Gasteiger partial charge in [-0.3, -0.25) is 9.59 Å². The number of carbonyl (C=O) groups is 2. The average Bonchev–Trinajstić information content (AvgIpc) is 2.40. The van der Waals surface area contributed by atoms with Crippen molar-refractivity contribution in [1.29, 1.82) is 0 Å². The van der Waals surface area contributed by atoms with Crippen molar-refractivity contribution in [3.05, 3.63) is 34.1 Å². The molecular weight excluding hydrogens is 339 g/mol. The minimum absolute atomic E-state index is 0.0201.